The molecular weight excluding hydrogens is 164 g/mol. The summed E-state index contributed by atoms with van der Waals surface area (Å²) in [6, 6.07) is 0. The first kappa shape index (κ1) is 10.9. The number of carbonyl (C=O) groups excluding carboxylic acids is 2. The third kappa shape index (κ3) is 2.87. The fraction of sp³-hybridized carbons (Fsp3) is 0.714. The van der Waals surface area contributed by atoms with Gasteiger partial charge in [-0.2, -0.15) is 0 Å². The van der Waals surface area contributed by atoms with Crippen LogP contribution in [0.2, 0.25) is 0 Å². The maximum Gasteiger partial charge on any atom is 0.320 e. The molecule has 0 aliphatic rings. The lowest BCUT2D eigenvalue weighted by molar-refractivity contribution is -0.159. The molecule has 0 aliphatic carbocycles. The second-order valence-corrected chi connectivity index (χ2v) is 2.11. The van der Waals surface area contributed by atoms with Gasteiger partial charge >= 0.3 is 11.9 Å². The third-order valence-corrected chi connectivity index (χ3v) is 1.39. The summed E-state index contributed by atoms with van der Waals surface area (Å²) in [7, 11) is 2.35. The largest absolute Gasteiger partial charge is 0.468 e. The summed E-state index contributed by atoms with van der Waals surface area (Å²) < 4.78 is 8.67. The van der Waals surface area contributed by atoms with Gasteiger partial charge in [0.1, 0.15) is 0 Å². The van der Waals surface area contributed by atoms with Crippen LogP contribution in [0.15, 0.2) is 0 Å². The number of aliphatic hydroxyl groups is 1. The van der Waals surface area contributed by atoms with Crippen LogP contribution in [0.3, 0.4) is 0 Å². The lowest BCUT2D eigenvalue weighted by Crippen LogP contribution is -2.27. The predicted molar refractivity (Wildman–Crippen MR) is 39.2 cm³/mol. The molecule has 0 bridgehead atoms. The molecular formula is C7H12O5. The summed E-state index contributed by atoms with van der Waals surface area (Å²) in [6.07, 6.45) is 0.0271. The van der Waals surface area contributed by atoms with Crippen LogP contribution in [0.5, 0.6) is 0 Å². The summed E-state index contributed by atoms with van der Waals surface area (Å²) in [6.45, 7) is -0.255. The molecule has 12 heavy (non-hydrogen) atoms. The van der Waals surface area contributed by atoms with Crippen molar-refractivity contribution in [2.75, 3.05) is 20.8 Å². The van der Waals surface area contributed by atoms with Gasteiger partial charge in [-0.05, 0) is 6.42 Å². The third-order valence-electron chi connectivity index (χ3n) is 1.39. The van der Waals surface area contributed by atoms with Gasteiger partial charge < -0.3 is 14.6 Å². The number of carbonyl (C=O) groups is 2. The molecule has 0 aliphatic heterocycles. The second kappa shape index (κ2) is 5.54. The van der Waals surface area contributed by atoms with Gasteiger partial charge in [-0.25, -0.2) is 0 Å². The average Bonchev–Trinajstić information content (AvgIpc) is 2.11. The topological polar surface area (TPSA) is 72.8 Å². The number of methoxy groups -OCH3 is 2. The van der Waals surface area contributed by atoms with Crippen LogP contribution in [0.1, 0.15) is 6.42 Å². The molecule has 0 aromatic carbocycles. The van der Waals surface area contributed by atoms with E-state index in [1.54, 1.807) is 0 Å². The highest BCUT2D eigenvalue weighted by Gasteiger charge is 2.27. The van der Waals surface area contributed by atoms with Crippen molar-refractivity contribution in [1.82, 2.24) is 0 Å². The minimum Gasteiger partial charge on any atom is -0.468 e. The minimum atomic E-state index is -1.01. The molecule has 0 amide bonds. The molecule has 0 spiro atoms. The highest BCUT2D eigenvalue weighted by Crippen LogP contribution is 2.06. The summed E-state index contributed by atoms with van der Waals surface area (Å²) in [5.41, 5.74) is 0. The number of ether oxygens (including phenoxy) is 2. The van der Waals surface area contributed by atoms with E-state index in [2.05, 4.69) is 9.47 Å². The van der Waals surface area contributed by atoms with Gasteiger partial charge in [0.15, 0.2) is 5.92 Å². The molecule has 70 valence electrons. The van der Waals surface area contributed by atoms with Crippen LogP contribution in [0.4, 0.5) is 0 Å². The molecule has 0 unspecified atom stereocenters. The predicted octanol–water partition coefficient (Wildman–Crippen LogP) is -0.669. The molecule has 0 radical (unpaired) electrons. The Kier molecular flexibility index (Phi) is 5.03. The van der Waals surface area contributed by atoms with Crippen molar-refractivity contribution >= 4 is 11.9 Å². The number of rotatable bonds is 4. The lowest BCUT2D eigenvalue weighted by atomic mass is 10.1. The molecule has 0 saturated heterocycles. The van der Waals surface area contributed by atoms with E-state index in [0.717, 1.165) is 0 Å². The first-order valence-electron chi connectivity index (χ1n) is 3.43. The molecule has 0 atom stereocenters. The lowest BCUT2D eigenvalue weighted by Gasteiger charge is -2.09. The van der Waals surface area contributed by atoms with Crippen LogP contribution >= 0.6 is 0 Å². The Bertz CT molecular complexity index is 149. The van der Waals surface area contributed by atoms with Gasteiger partial charge in [0.05, 0.1) is 14.2 Å². The Balaban J connectivity index is 4.21. The van der Waals surface area contributed by atoms with Crippen molar-refractivity contribution in [2.45, 2.75) is 6.42 Å². The van der Waals surface area contributed by atoms with E-state index in [-0.39, 0.29) is 13.0 Å². The highest BCUT2D eigenvalue weighted by molar-refractivity contribution is 5.94. The van der Waals surface area contributed by atoms with Gasteiger partial charge in [0.2, 0.25) is 0 Å². The van der Waals surface area contributed by atoms with Gasteiger partial charge in [-0.1, -0.05) is 0 Å². The van der Waals surface area contributed by atoms with Crippen molar-refractivity contribution in [2.24, 2.45) is 5.92 Å². The van der Waals surface area contributed by atoms with E-state index in [0.29, 0.717) is 0 Å². The Morgan fingerprint density at radius 2 is 1.67 bits per heavy atom. The van der Waals surface area contributed by atoms with Crippen LogP contribution in [-0.2, 0) is 19.1 Å². The molecule has 0 aromatic rings. The van der Waals surface area contributed by atoms with Crippen molar-refractivity contribution in [3.8, 4) is 0 Å². The quantitative estimate of drug-likeness (QED) is 0.454. The number of hydrogen-bond donors (Lipinski definition) is 1. The van der Waals surface area contributed by atoms with E-state index in [9.17, 15) is 9.59 Å². The van der Waals surface area contributed by atoms with Gasteiger partial charge in [-0.15, -0.1) is 0 Å². The average molecular weight is 176 g/mol. The zero-order valence-electron chi connectivity index (χ0n) is 7.07. The maximum atomic E-state index is 10.9. The monoisotopic (exact) mass is 176 g/mol. The van der Waals surface area contributed by atoms with E-state index in [4.69, 9.17) is 5.11 Å². The van der Waals surface area contributed by atoms with Crippen LogP contribution in [0, 0.1) is 5.92 Å². The van der Waals surface area contributed by atoms with Gasteiger partial charge in [0, 0.05) is 6.61 Å². The summed E-state index contributed by atoms with van der Waals surface area (Å²) in [5.74, 6) is -2.38. The van der Waals surface area contributed by atoms with Gasteiger partial charge in [0.25, 0.3) is 0 Å². The molecule has 0 heterocycles. The molecule has 0 aromatic heterocycles. The maximum absolute atomic E-state index is 10.9. The van der Waals surface area contributed by atoms with E-state index in [1.165, 1.54) is 14.2 Å². The first-order valence-corrected chi connectivity index (χ1v) is 3.43. The van der Waals surface area contributed by atoms with Crippen LogP contribution < -0.4 is 0 Å². The molecule has 5 heteroatoms. The van der Waals surface area contributed by atoms with Crippen molar-refractivity contribution < 1.29 is 24.2 Å². The van der Waals surface area contributed by atoms with Crippen LogP contribution in [-0.4, -0.2) is 37.9 Å². The Morgan fingerprint density at radius 1 is 1.25 bits per heavy atom. The highest BCUT2D eigenvalue weighted by atomic mass is 16.5. The fourth-order valence-electron chi connectivity index (χ4n) is 0.746. The van der Waals surface area contributed by atoms with Gasteiger partial charge in [-0.3, -0.25) is 9.59 Å². The van der Waals surface area contributed by atoms with Crippen molar-refractivity contribution in [1.29, 1.82) is 0 Å². The zero-order valence-corrected chi connectivity index (χ0v) is 7.07. The second-order valence-electron chi connectivity index (χ2n) is 2.11. The van der Waals surface area contributed by atoms with Crippen molar-refractivity contribution in [3.63, 3.8) is 0 Å². The molecule has 0 fully saturated rings. The summed E-state index contributed by atoms with van der Waals surface area (Å²) >= 11 is 0. The molecule has 0 rings (SSSR count). The molecule has 1 N–H and O–H groups in total. The molecule has 5 nitrogen and oxygen atoms in total. The van der Waals surface area contributed by atoms with Crippen molar-refractivity contribution in [3.05, 3.63) is 0 Å². The van der Waals surface area contributed by atoms with Crippen LogP contribution in [0.25, 0.3) is 0 Å². The Hall–Kier alpha value is -1.10. The Morgan fingerprint density at radius 3 is 1.92 bits per heavy atom. The first-order chi connectivity index (χ1) is 5.67. The normalized spacial score (nSPS) is 9.67. The number of esters is 2. The smallest absolute Gasteiger partial charge is 0.320 e. The Labute approximate surface area is 70.3 Å². The molecule has 0 saturated carbocycles. The van der Waals surface area contributed by atoms with E-state index < -0.39 is 17.9 Å². The zero-order chi connectivity index (χ0) is 9.56. The number of hydrogen-bond acceptors (Lipinski definition) is 5. The fourth-order valence-corrected chi connectivity index (χ4v) is 0.746. The standard InChI is InChI=1S/C7H12O5/c1-11-6(9)5(3-4-8)7(10)12-2/h5,8H,3-4H2,1-2H3. The van der Waals surface area contributed by atoms with E-state index >= 15 is 0 Å². The SMILES string of the molecule is COC(=O)C(CCO)C(=O)OC. The minimum absolute atomic E-state index is 0.0271. The number of aliphatic hydroxyl groups excluding tert-OH is 1. The van der Waals surface area contributed by atoms with E-state index in [1.807, 2.05) is 0 Å². The summed E-state index contributed by atoms with van der Waals surface area (Å²) in [5, 5.41) is 8.51. The summed E-state index contributed by atoms with van der Waals surface area (Å²) in [4.78, 5) is 21.7.